The molecule has 0 heterocycles. The Hall–Kier alpha value is -17.7. The molecule has 1 aliphatic rings. The summed E-state index contributed by atoms with van der Waals surface area (Å²) >= 11 is 0. The fraction of sp³-hybridized carbons (Fsp3) is 0.0216. The van der Waals surface area contributed by atoms with Crippen molar-refractivity contribution in [2.45, 2.75) is 19.3 Å². The van der Waals surface area contributed by atoms with Crippen LogP contribution in [0.25, 0.3) is 283 Å². The van der Waals surface area contributed by atoms with Gasteiger partial charge >= 0.3 is 0 Å². The van der Waals surface area contributed by atoms with Crippen LogP contribution in [0.2, 0.25) is 0 Å². The van der Waals surface area contributed by atoms with Gasteiger partial charge in [0.2, 0.25) is 0 Å². The zero-order valence-electron chi connectivity index (χ0n) is 76.8. The third-order valence-corrected chi connectivity index (χ3v) is 30.8. The number of hydrogen-bond acceptors (Lipinski definition) is 0. The lowest BCUT2D eigenvalue weighted by Gasteiger charge is -2.23. The molecule has 0 saturated carbocycles. The van der Waals surface area contributed by atoms with Crippen LogP contribution in [0.15, 0.2) is 497 Å². The van der Waals surface area contributed by atoms with Crippen LogP contribution in [0, 0.1) is 0 Å². The van der Waals surface area contributed by atoms with Gasteiger partial charge in [-0.15, -0.1) is 0 Å². The summed E-state index contributed by atoms with van der Waals surface area (Å²) in [6, 6.07) is 185. The first-order chi connectivity index (χ1) is 68.7. The Balaban J connectivity index is 0.000000103. The molecule has 0 fully saturated rings. The summed E-state index contributed by atoms with van der Waals surface area (Å²) in [6.45, 7) is 4.75. The summed E-state index contributed by atoms with van der Waals surface area (Å²) in [5, 5.41) is 48.7. The van der Waals surface area contributed by atoms with E-state index in [0.717, 1.165) is 0 Å². The molecular formula is C139H88. The van der Waals surface area contributed by atoms with Gasteiger partial charge in [0.1, 0.15) is 0 Å². The summed E-state index contributed by atoms with van der Waals surface area (Å²) in [5.41, 5.74) is 20.8. The van der Waals surface area contributed by atoms with Crippen molar-refractivity contribution in [2.24, 2.45) is 0 Å². The highest BCUT2D eigenvalue weighted by Crippen LogP contribution is 2.56. The molecule has 29 aromatic rings. The summed E-state index contributed by atoms with van der Waals surface area (Å²) < 4.78 is 0. The topological polar surface area (TPSA) is 0 Å². The quantitative estimate of drug-likeness (QED) is 0.115. The molecule has 29 aromatic carbocycles. The largest absolute Gasteiger partial charge is 0.0619 e. The molecule has 0 N–H and O–H groups in total. The van der Waals surface area contributed by atoms with Crippen LogP contribution >= 0.6 is 0 Å². The van der Waals surface area contributed by atoms with Crippen LogP contribution in [-0.4, -0.2) is 0 Å². The molecule has 0 heteroatoms. The van der Waals surface area contributed by atoms with Crippen molar-refractivity contribution in [3.63, 3.8) is 0 Å². The molecule has 30 rings (SSSR count). The number of benzene rings is 29. The minimum atomic E-state index is -0.0615. The van der Waals surface area contributed by atoms with Crippen LogP contribution < -0.4 is 0 Å². The van der Waals surface area contributed by atoms with Gasteiger partial charge in [-0.05, 0) is 330 Å². The van der Waals surface area contributed by atoms with E-state index in [1.165, 1.54) is 294 Å². The number of hydrogen-bond donors (Lipinski definition) is 0. The fourth-order valence-electron chi connectivity index (χ4n) is 24.4. The van der Waals surface area contributed by atoms with E-state index in [1.54, 1.807) is 0 Å². The maximum Gasteiger partial charge on any atom is 0.0159 e. The van der Waals surface area contributed by atoms with Gasteiger partial charge < -0.3 is 0 Å². The zero-order valence-corrected chi connectivity index (χ0v) is 76.8. The van der Waals surface area contributed by atoms with Crippen molar-refractivity contribution in [1.29, 1.82) is 0 Å². The predicted octanol–water partition coefficient (Wildman–Crippen LogP) is 39.3. The molecule has 0 saturated heterocycles. The second kappa shape index (κ2) is 31.7. The van der Waals surface area contributed by atoms with Crippen molar-refractivity contribution in [3.05, 3.63) is 509 Å². The summed E-state index contributed by atoms with van der Waals surface area (Å²) in [5.74, 6) is 0. The van der Waals surface area contributed by atoms with Gasteiger partial charge in [-0.1, -0.05) is 475 Å². The van der Waals surface area contributed by atoms with E-state index in [2.05, 4.69) is 511 Å². The molecule has 0 unspecified atom stereocenters. The van der Waals surface area contributed by atoms with Crippen molar-refractivity contribution >= 4 is 205 Å². The second-order valence-electron chi connectivity index (χ2n) is 38.5. The first kappa shape index (κ1) is 79.8. The van der Waals surface area contributed by atoms with Crippen molar-refractivity contribution in [3.8, 4) is 77.9 Å². The molecule has 0 atom stereocenters. The van der Waals surface area contributed by atoms with E-state index < -0.39 is 0 Å². The van der Waals surface area contributed by atoms with Crippen molar-refractivity contribution < 1.29 is 0 Å². The molecule has 644 valence electrons. The first-order valence-corrected chi connectivity index (χ1v) is 48.6. The van der Waals surface area contributed by atoms with E-state index >= 15 is 0 Å². The van der Waals surface area contributed by atoms with Gasteiger partial charge in [0.05, 0.1) is 0 Å². The van der Waals surface area contributed by atoms with E-state index in [9.17, 15) is 0 Å². The third kappa shape index (κ3) is 12.6. The maximum atomic E-state index is 2.48. The zero-order chi connectivity index (χ0) is 91.7. The summed E-state index contributed by atoms with van der Waals surface area (Å²) in [6.07, 6.45) is 0. The predicted molar refractivity (Wildman–Crippen MR) is 602 cm³/mol. The number of rotatable bonds is 6. The van der Waals surface area contributed by atoms with Gasteiger partial charge in [0.25, 0.3) is 0 Å². The number of fused-ring (bicyclic) bond motifs is 30. The van der Waals surface area contributed by atoms with Crippen molar-refractivity contribution in [2.75, 3.05) is 0 Å². The van der Waals surface area contributed by atoms with Crippen LogP contribution in [0.1, 0.15) is 25.0 Å². The first-order valence-electron chi connectivity index (χ1n) is 48.6. The monoisotopic (exact) mass is 1760 g/mol. The van der Waals surface area contributed by atoms with Crippen molar-refractivity contribution in [1.82, 2.24) is 0 Å². The minimum absolute atomic E-state index is 0.0615. The van der Waals surface area contributed by atoms with Crippen LogP contribution in [0.4, 0.5) is 0 Å². The lowest BCUT2D eigenvalue weighted by atomic mass is 9.80. The Labute approximate surface area is 804 Å². The summed E-state index contributed by atoms with van der Waals surface area (Å²) in [7, 11) is 0. The lowest BCUT2D eigenvalue weighted by molar-refractivity contribution is 0.660. The van der Waals surface area contributed by atoms with E-state index in [4.69, 9.17) is 0 Å². The molecular weight excluding hydrogens is 1670 g/mol. The fourth-order valence-corrected chi connectivity index (χ4v) is 24.4. The Morgan fingerprint density at radius 2 is 0.345 bits per heavy atom. The smallest absolute Gasteiger partial charge is 0.0159 e. The molecule has 0 bridgehead atoms. The Bertz CT molecular complexity index is 10300. The highest BCUT2D eigenvalue weighted by Gasteiger charge is 2.36. The van der Waals surface area contributed by atoms with Gasteiger partial charge in [0, 0.05) is 5.41 Å². The van der Waals surface area contributed by atoms with Gasteiger partial charge in [-0.3, -0.25) is 0 Å². The van der Waals surface area contributed by atoms with Crippen LogP contribution in [-0.2, 0) is 5.41 Å². The van der Waals surface area contributed by atoms with Gasteiger partial charge in [0.15, 0.2) is 0 Å². The molecule has 0 aliphatic heterocycles. The van der Waals surface area contributed by atoms with E-state index in [0.29, 0.717) is 0 Å². The van der Waals surface area contributed by atoms with Gasteiger partial charge in [-0.25, -0.2) is 0 Å². The molecule has 0 radical (unpaired) electrons. The van der Waals surface area contributed by atoms with Crippen LogP contribution in [0.3, 0.4) is 0 Å². The minimum Gasteiger partial charge on any atom is -0.0619 e. The maximum absolute atomic E-state index is 2.48. The molecule has 0 aromatic heterocycles. The highest BCUT2D eigenvalue weighted by atomic mass is 14.4. The molecule has 0 amide bonds. The standard InChI is InChI=1S/C47H32.2C46H28/c1-47(2)42-18-10-9-15-36(42)37-25-24-33(28-43(37)47)44-38-16-7-8-17-39(38)45(46-35-14-6-4-12-30(35)23-26-40(44)46)32-22-21-31-20-19-29-11-3-5-13-34(29)41(31)27-32;1-4-14-34-29(11-1)21-22-31-23-24-33(28-42(31)34)44-39-19-9-10-20-40(39)45(41-26-25-30-12-2-6-16-36(30)46(41)44)43-27-32-13-3-5-15-35(32)37-17-7-8-18-38(37)43;1-4-12-36-29(9-1)19-21-33-27-34(24-25-38(33)36)44-40-15-7-8-16-41(40)45(46-39-14-6-3-11-31(39)23-26-42(44)46)35-22-20-32-18-17-30-10-2-5-13-37(30)43(32)28-35/h3-28H,1-2H3;2*1-28H. The second-order valence-corrected chi connectivity index (χ2v) is 38.5. The Morgan fingerprint density at radius 3 is 0.763 bits per heavy atom. The van der Waals surface area contributed by atoms with E-state index in [-0.39, 0.29) is 5.41 Å². The Morgan fingerprint density at radius 1 is 0.115 bits per heavy atom. The average molecular weight is 1760 g/mol. The van der Waals surface area contributed by atoms with E-state index in [1.807, 2.05) is 0 Å². The average Bonchev–Trinajstić information content (AvgIpc) is 1.44. The normalized spacial score (nSPS) is 12.4. The highest BCUT2D eigenvalue weighted by molar-refractivity contribution is 6.34. The SMILES string of the molecule is CC1(C)c2ccccc2-c2ccc(-c3c4ccccc4c(-c4ccc5ccc6ccccc6c5c4)c4c3ccc3ccccc34)cc21.c1ccc2c(c1)ccc1cc(-c3c4ccccc4c(-c4ccc5ccc6ccccc6c5c4)c4c3ccc3ccccc34)ccc12.c1ccc2c(c1)ccc1ccc(-c3c4ccccc4c(-c4cc5ccccc5c5ccccc45)c4ccc5ccccc5c34)cc12. The third-order valence-electron chi connectivity index (χ3n) is 30.8. The van der Waals surface area contributed by atoms with Gasteiger partial charge in [-0.2, -0.15) is 0 Å². The lowest BCUT2D eigenvalue weighted by Crippen LogP contribution is -2.14. The Kier molecular flexibility index (Phi) is 18.2. The summed E-state index contributed by atoms with van der Waals surface area (Å²) in [4.78, 5) is 0. The molecule has 1 aliphatic carbocycles. The molecule has 0 spiro atoms. The van der Waals surface area contributed by atoms with Crippen LogP contribution in [0.5, 0.6) is 0 Å². The molecule has 0 nitrogen and oxygen atoms in total. The molecule has 139 heavy (non-hydrogen) atoms.